The molecule has 0 spiro atoms. The van der Waals surface area contributed by atoms with Crippen LogP contribution in [0.4, 0.5) is 0 Å². The van der Waals surface area contributed by atoms with Gasteiger partial charge in [0.2, 0.25) is 5.91 Å². The van der Waals surface area contributed by atoms with Gasteiger partial charge >= 0.3 is 0 Å². The van der Waals surface area contributed by atoms with Crippen molar-refractivity contribution in [3.8, 4) is 0 Å². The normalized spacial score (nSPS) is 26.0. The molecular formula is C23H36N4O2. The van der Waals surface area contributed by atoms with Gasteiger partial charge in [-0.25, -0.2) is 0 Å². The SMILES string of the molecule is O=C(NCC1(CO)CCC1)[C@H]1CCCN(C2CCN(Cc3cccnc3)CC2)C1. The van der Waals surface area contributed by atoms with E-state index in [1.807, 2.05) is 18.5 Å². The van der Waals surface area contributed by atoms with Crippen LogP contribution in [0.15, 0.2) is 24.5 Å². The largest absolute Gasteiger partial charge is 0.396 e. The van der Waals surface area contributed by atoms with Crippen LogP contribution in [-0.2, 0) is 11.3 Å². The molecule has 0 bridgehead atoms. The van der Waals surface area contributed by atoms with Gasteiger partial charge in [0.25, 0.3) is 0 Å². The number of pyridine rings is 1. The monoisotopic (exact) mass is 400 g/mol. The van der Waals surface area contributed by atoms with Crippen molar-refractivity contribution in [2.45, 2.75) is 57.5 Å². The molecular weight excluding hydrogens is 364 g/mol. The van der Waals surface area contributed by atoms with Gasteiger partial charge in [-0.05, 0) is 69.8 Å². The standard InChI is InChI=1S/C23H36N4O2/c28-18-23(8-3-9-23)17-25-22(29)20-5-2-11-27(16-20)21-6-12-26(13-7-21)15-19-4-1-10-24-14-19/h1,4,10,14,20-21,28H,2-3,5-9,11-13,15-18H2,(H,25,29)/t20-/m0/s1. The van der Waals surface area contributed by atoms with Gasteiger partial charge in [0.1, 0.15) is 0 Å². The average molecular weight is 401 g/mol. The molecule has 1 aromatic heterocycles. The Kier molecular flexibility index (Phi) is 6.83. The number of piperidine rings is 2. The summed E-state index contributed by atoms with van der Waals surface area (Å²) < 4.78 is 0. The Morgan fingerprint density at radius 1 is 1.21 bits per heavy atom. The highest BCUT2D eigenvalue weighted by Gasteiger charge is 2.38. The second kappa shape index (κ2) is 9.54. The Morgan fingerprint density at radius 3 is 2.69 bits per heavy atom. The fraction of sp³-hybridized carbons (Fsp3) is 0.739. The van der Waals surface area contributed by atoms with E-state index in [0.717, 1.165) is 58.4 Å². The number of amides is 1. The van der Waals surface area contributed by atoms with Gasteiger partial charge < -0.3 is 10.4 Å². The van der Waals surface area contributed by atoms with E-state index in [0.29, 0.717) is 12.6 Å². The maximum atomic E-state index is 12.8. The summed E-state index contributed by atoms with van der Waals surface area (Å²) in [5, 5.41) is 12.8. The van der Waals surface area contributed by atoms with Crippen molar-refractivity contribution in [3.05, 3.63) is 30.1 Å². The summed E-state index contributed by atoms with van der Waals surface area (Å²) in [7, 11) is 0. The molecule has 2 N–H and O–H groups in total. The van der Waals surface area contributed by atoms with E-state index in [9.17, 15) is 9.90 Å². The van der Waals surface area contributed by atoms with Crippen LogP contribution in [0.25, 0.3) is 0 Å². The maximum absolute atomic E-state index is 12.8. The molecule has 0 unspecified atom stereocenters. The van der Waals surface area contributed by atoms with Gasteiger partial charge in [0.15, 0.2) is 0 Å². The van der Waals surface area contributed by atoms with E-state index in [2.05, 4.69) is 26.2 Å². The zero-order chi connectivity index (χ0) is 20.1. The number of carbonyl (C=O) groups excluding carboxylic acids is 1. The molecule has 1 aliphatic carbocycles. The number of rotatable bonds is 7. The molecule has 160 valence electrons. The molecule has 1 saturated carbocycles. The fourth-order valence-electron chi connectivity index (χ4n) is 5.23. The van der Waals surface area contributed by atoms with Gasteiger partial charge in [-0.3, -0.25) is 19.6 Å². The predicted molar refractivity (Wildman–Crippen MR) is 113 cm³/mol. The fourth-order valence-corrected chi connectivity index (χ4v) is 5.23. The smallest absolute Gasteiger partial charge is 0.224 e. The maximum Gasteiger partial charge on any atom is 0.224 e. The number of aliphatic hydroxyl groups is 1. The van der Waals surface area contributed by atoms with Crippen LogP contribution < -0.4 is 5.32 Å². The lowest BCUT2D eigenvalue weighted by molar-refractivity contribution is -0.128. The number of likely N-dealkylation sites (tertiary alicyclic amines) is 2. The minimum atomic E-state index is -0.0366. The second-order valence-electron chi connectivity index (χ2n) is 9.43. The van der Waals surface area contributed by atoms with E-state index >= 15 is 0 Å². The Labute approximate surface area is 174 Å². The molecule has 0 aromatic carbocycles. The summed E-state index contributed by atoms with van der Waals surface area (Å²) in [5.74, 6) is 0.302. The molecule has 3 aliphatic rings. The minimum Gasteiger partial charge on any atom is -0.396 e. The quantitative estimate of drug-likeness (QED) is 0.733. The van der Waals surface area contributed by atoms with Gasteiger partial charge in [0.05, 0.1) is 12.5 Å². The Balaban J connectivity index is 1.22. The predicted octanol–water partition coefficient (Wildman–Crippen LogP) is 2.04. The summed E-state index contributed by atoms with van der Waals surface area (Å²) in [6.45, 7) is 6.08. The topological polar surface area (TPSA) is 68.7 Å². The number of nitrogens with one attached hydrogen (secondary N) is 1. The van der Waals surface area contributed by atoms with Gasteiger partial charge in [-0.15, -0.1) is 0 Å². The van der Waals surface area contributed by atoms with Crippen molar-refractivity contribution in [2.24, 2.45) is 11.3 Å². The number of carbonyl (C=O) groups is 1. The van der Waals surface area contributed by atoms with E-state index in [1.54, 1.807) is 0 Å². The lowest BCUT2D eigenvalue weighted by Crippen LogP contribution is -2.52. The molecule has 0 radical (unpaired) electrons. The minimum absolute atomic E-state index is 0.0366. The van der Waals surface area contributed by atoms with Crippen LogP contribution in [0.5, 0.6) is 0 Å². The summed E-state index contributed by atoms with van der Waals surface area (Å²) in [5.41, 5.74) is 1.25. The Bertz CT molecular complexity index is 651. The molecule has 4 rings (SSSR count). The van der Waals surface area contributed by atoms with Crippen LogP contribution in [0.3, 0.4) is 0 Å². The number of aromatic nitrogens is 1. The lowest BCUT2D eigenvalue weighted by Gasteiger charge is -2.43. The highest BCUT2D eigenvalue weighted by molar-refractivity contribution is 5.79. The molecule has 2 saturated heterocycles. The van der Waals surface area contributed by atoms with E-state index in [1.165, 1.54) is 24.8 Å². The summed E-state index contributed by atoms with van der Waals surface area (Å²) >= 11 is 0. The van der Waals surface area contributed by atoms with Crippen molar-refractivity contribution in [1.29, 1.82) is 0 Å². The third-order valence-corrected chi connectivity index (χ3v) is 7.41. The van der Waals surface area contributed by atoms with Gasteiger partial charge in [-0.2, -0.15) is 0 Å². The van der Waals surface area contributed by atoms with Crippen molar-refractivity contribution in [3.63, 3.8) is 0 Å². The van der Waals surface area contributed by atoms with E-state index in [4.69, 9.17) is 0 Å². The van der Waals surface area contributed by atoms with Crippen LogP contribution in [-0.4, -0.2) is 71.2 Å². The molecule has 6 nitrogen and oxygen atoms in total. The number of aliphatic hydroxyl groups excluding tert-OH is 1. The second-order valence-corrected chi connectivity index (χ2v) is 9.43. The number of hydrogen-bond donors (Lipinski definition) is 2. The van der Waals surface area contributed by atoms with Crippen LogP contribution in [0.2, 0.25) is 0 Å². The summed E-state index contributed by atoms with van der Waals surface area (Å²) in [6, 6.07) is 4.76. The number of nitrogens with zero attached hydrogens (tertiary/aromatic N) is 3. The first-order chi connectivity index (χ1) is 14.2. The summed E-state index contributed by atoms with van der Waals surface area (Å²) in [4.78, 5) is 22.1. The van der Waals surface area contributed by atoms with Crippen molar-refractivity contribution in [2.75, 3.05) is 39.3 Å². The Hall–Kier alpha value is -1.50. The first kappa shape index (κ1) is 20.8. The van der Waals surface area contributed by atoms with Crippen molar-refractivity contribution >= 4 is 5.91 Å². The molecule has 1 amide bonds. The average Bonchev–Trinajstić information content (AvgIpc) is 2.74. The van der Waals surface area contributed by atoms with E-state index in [-0.39, 0.29) is 23.8 Å². The van der Waals surface area contributed by atoms with Crippen molar-refractivity contribution < 1.29 is 9.90 Å². The zero-order valence-corrected chi connectivity index (χ0v) is 17.6. The van der Waals surface area contributed by atoms with Crippen LogP contribution in [0.1, 0.15) is 50.5 Å². The molecule has 3 fully saturated rings. The number of hydrogen-bond acceptors (Lipinski definition) is 5. The first-order valence-corrected chi connectivity index (χ1v) is 11.4. The van der Waals surface area contributed by atoms with Crippen LogP contribution >= 0.6 is 0 Å². The lowest BCUT2D eigenvalue weighted by atomic mass is 9.69. The van der Waals surface area contributed by atoms with Gasteiger partial charge in [0, 0.05) is 43.5 Å². The highest BCUT2D eigenvalue weighted by Crippen LogP contribution is 2.39. The molecule has 1 aromatic rings. The molecule has 2 aliphatic heterocycles. The zero-order valence-electron chi connectivity index (χ0n) is 17.6. The molecule has 3 heterocycles. The molecule has 6 heteroatoms. The Morgan fingerprint density at radius 2 is 2.03 bits per heavy atom. The molecule has 29 heavy (non-hydrogen) atoms. The third kappa shape index (κ3) is 5.16. The van der Waals surface area contributed by atoms with Gasteiger partial charge in [-0.1, -0.05) is 12.5 Å². The third-order valence-electron chi connectivity index (χ3n) is 7.41. The molecule has 1 atom stereocenters. The summed E-state index contributed by atoms with van der Waals surface area (Å²) in [6.07, 6.45) is 11.5. The van der Waals surface area contributed by atoms with E-state index < -0.39 is 0 Å². The van der Waals surface area contributed by atoms with Crippen LogP contribution in [0, 0.1) is 11.3 Å². The highest BCUT2D eigenvalue weighted by atomic mass is 16.3. The van der Waals surface area contributed by atoms with Crippen molar-refractivity contribution in [1.82, 2.24) is 20.1 Å². The first-order valence-electron chi connectivity index (χ1n) is 11.4.